The molecule has 0 bridgehead atoms. The summed E-state index contributed by atoms with van der Waals surface area (Å²) in [4.78, 5) is 11.3. The summed E-state index contributed by atoms with van der Waals surface area (Å²) in [6.07, 6.45) is -2.72. The molecular weight excluding hydrogens is 297 g/mol. The number of rotatable bonds is 4. The standard InChI is InChI=1S/C14H21F3N4O/c1-4-22-10-6-5-7-21(9-10)13-18-11(14(15,16)17)8-12(19-13)20(2)3/h8,10H,4-7,9H2,1-3H3. The van der Waals surface area contributed by atoms with Crippen LogP contribution in [0.15, 0.2) is 6.07 Å². The van der Waals surface area contributed by atoms with Gasteiger partial charge in [0, 0.05) is 39.9 Å². The Balaban J connectivity index is 2.31. The van der Waals surface area contributed by atoms with E-state index in [1.165, 1.54) is 0 Å². The Morgan fingerprint density at radius 1 is 1.36 bits per heavy atom. The van der Waals surface area contributed by atoms with E-state index in [-0.39, 0.29) is 17.9 Å². The third-order valence-electron chi connectivity index (χ3n) is 3.51. The summed E-state index contributed by atoms with van der Waals surface area (Å²) in [5.74, 6) is 0.360. The molecule has 1 aliphatic heterocycles. The summed E-state index contributed by atoms with van der Waals surface area (Å²) in [7, 11) is 3.32. The SMILES string of the molecule is CCOC1CCCN(c2nc(N(C)C)cc(C(F)(F)F)n2)C1. The molecule has 0 N–H and O–H groups in total. The van der Waals surface area contributed by atoms with Gasteiger partial charge in [-0.2, -0.15) is 18.2 Å². The second-order valence-electron chi connectivity index (χ2n) is 5.47. The third kappa shape index (κ3) is 4.00. The first-order chi connectivity index (χ1) is 10.3. The molecule has 0 saturated carbocycles. The molecule has 0 aromatic carbocycles. The van der Waals surface area contributed by atoms with Gasteiger partial charge < -0.3 is 14.5 Å². The zero-order valence-corrected chi connectivity index (χ0v) is 13.0. The Hall–Kier alpha value is -1.57. The number of hydrogen-bond donors (Lipinski definition) is 0. The number of aromatic nitrogens is 2. The highest BCUT2D eigenvalue weighted by molar-refractivity contribution is 5.46. The first-order valence-electron chi connectivity index (χ1n) is 7.31. The molecule has 5 nitrogen and oxygen atoms in total. The molecule has 1 unspecified atom stereocenters. The Kier molecular flexibility index (Phi) is 5.10. The molecule has 0 spiro atoms. The lowest BCUT2D eigenvalue weighted by Crippen LogP contribution is -2.41. The van der Waals surface area contributed by atoms with Gasteiger partial charge in [0.2, 0.25) is 5.95 Å². The van der Waals surface area contributed by atoms with Gasteiger partial charge in [-0.3, -0.25) is 0 Å². The number of anilines is 2. The smallest absolute Gasteiger partial charge is 0.377 e. The van der Waals surface area contributed by atoms with Crippen LogP contribution >= 0.6 is 0 Å². The Morgan fingerprint density at radius 3 is 2.68 bits per heavy atom. The van der Waals surface area contributed by atoms with Gasteiger partial charge in [0.25, 0.3) is 0 Å². The molecule has 2 heterocycles. The zero-order valence-electron chi connectivity index (χ0n) is 13.0. The summed E-state index contributed by atoms with van der Waals surface area (Å²) >= 11 is 0. The lowest BCUT2D eigenvalue weighted by atomic mass is 10.1. The topological polar surface area (TPSA) is 41.5 Å². The van der Waals surface area contributed by atoms with Gasteiger partial charge in [-0.1, -0.05) is 0 Å². The maximum Gasteiger partial charge on any atom is 0.433 e. The van der Waals surface area contributed by atoms with Crippen molar-refractivity contribution in [3.63, 3.8) is 0 Å². The normalized spacial score (nSPS) is 19.4. The molecule has 1 aromatic heterocycles. The molecule has 0 aliphatic carbocycles. The highest BCUT2D eigenvalue weighted by Gasteiger charge is 2.35. The van der Waals surface area contributed by atoms with Crippen molar-refractivity contribution in [2.75, 3.05) is 43.6 Å². The molecule has 1 aliphatic rings. The lowest BCUT2D eigenvalue weighted by Gasteiger charge is -2.33. The fourth-order valence-corrected chi connectivity index (χ4v) is 2.43. The molecule has 1 fully saturated rings. The lowest BCUT2D eigenvalue weighted by molar-refractivity contribution is -0.141. The predicted octanol–water partition coefficient (Wildman–Crippen LogP) is 2.57. The molecule has 22 heavy (non-hydrogen) atoms. The van der Waals surface area contributed by atoms with Gasteiger partial charge in [0.15, 0.2) is 5.69 Å². The number of piperidine rings is 1. The minimum atomic E-state index is -4.49. The quantitative estimate of drug-likeness (QED) is 0.853. The van der Waals surface area contributed by atoms with Crippen molar-refractivity contribution < 1.29 is 17.9 Å². The van der Waals surface area contributed by atoms with Gasteiger partial charge in [0.05, 0.1) is 6.10 Å². The number of halogens is 3. The molecule has 124 valence electrons. The average molecular weight is 318 g/mol. The fraction of sp³-hybridized carbons (Fsp3) is 0.714. The number of nitrogens with zero attached hydrogens (tertiary/aromatic N) is 4. The summed E-state index contributed by atoms with van der Waals surface area (Å²) in [6.45, 7) is 3.65. The maximum absolute atomic E-state index is 13.0. The molecule has 1 atom stereocenters. The number of alkyl halides is 3. The van der Waals surface area contributed by atoms with E-state index >= 15 is 0 Å². The van der Waals surface area contributed by atoms with E-state index in [0.29, 0.717) is 19.7 Å². The van der Waals surface area contributed by atoms with Crippen LogP contribution < -0.4 is 9.80 Å². The molecular formula is C14H21F3N4O. The minimum absolute atomic E-state index is 0.0136. The van der Waals surface area contributed by atoms with E-state index in [0.717, 1.165) is 18.9 Å². The van der Waals surface area contributed by atoms with E-state index in [4.69, 9.17) is 4.74 Å². The van der Waals surface area contributed by atoms with Crippen LogP contribution in [0.25, 0.3) is 0 Å². The van der Waals surface area contributed by atoms with Crippen LogP contribution in [0.1, 0.15) is 25.5 Å². The van der Waals surface area contributed by atoms with Crippen molar-refractivity contribution in [3.05, 3.63) is 11.8 Å². The Bertz CT molecular complexity index is 505. The van der Waals surface area contributed by atoms with Crippen LogP contribution in [0.5, 0.6) is 0 Å². The van der Waals surface area contributed by atoms with Gasteiger partial charge in [0.1, 0.15) is 5.82 Å². The van der Waals surface area contributed by atoms with Crippen LogP contribution in [0.3, 0.4) is 0 Å². The maximum atomic E-state index is 13.0. The Labute approximate surface area is 128 Å². The molecule has 8 heteroatoms. The van der Waals surface area contributed by atoms with Gasteiger partial charge in [-0.15, -0.1) is 0 Å². The van der Waals surface area contributed by atoms with Crippen molar-refractivity contribution in [2.45, 2.75) is 32.0 Å². The first-order valence-corrected chi connectivity index (χ1v) is 7.31. The number of ether oxygens (including phenoxy) is 1. The van der Waals surface area contributed by atoms with E-state index in [1.807, 2.05) is 6.92 Å². The fourth-order valence-electron chi connectivity index (χ4n) is 2.43. The van der Waals surface area contributed by atoms with Crippen LogP contribution in [-0.4, -0.2) is 49.9 Å². The molecule has 1 saturated heterocycles. The van der Waals surface area contributed by atoms with E-state index in [9.17, 15) is 13.2 Å². The highest BCUT2D eigenvalue weighted by Crippen LogP contribution is 2.31. The molecule has 0 radical (unpaired) electrons. The third-order valence-corrected chi connectivity index (χ3v) is 3.51. The van der Waals surface area contributed by atoms with Crippen molar-refractivity contribution in [1.29, 1.82) is 0 Å². The van der Waals surface area contributed by atoms with Crippen LogP contribution in [0.2, 0.25) is 0 Å². The van der Waals surface area contributed by atoms with Crippen molar-refractivity contribution in [3.8, 4) is 0 Å². The summed E-state index contributed by atoms with van der Waals surface area (Å²) in [5.41, 5.74) is -0.917. The average Bonchev–Trinajstić information content (AvgIpc) is 2.46. The summed E-state index contributed by atoms with van der Waals surface area (Å²) < 4.78 is 44.7. The van der Waals surface area contributed by atoms with E-state index < -0.39 is 11.9 Å². The second kappa shape index (κ2) is 6.68. The highest BCUT2D eigenvalue weighted by atomic mass is 19.4. The van der Waals surface area contributed by atoms with Crippen LogP contribution in [-0.2, 0) is 10.9 Å². The summed E-state index contributed by atoms with van der Waals surface area (Å²) in [5, 5.41) is 0. The van der Waals surface area contributed by atoms with E-state index in [2.05, 4.69) is 9.97 Å². The second-order valence-corrected chi connectivity index (χ2v) is 5.47. The largest absolute Gasteiger partial charge is 0.433 e. The zero-order chi connectivity index (χ0) is 16.3. The van der Waals surface area contributed by atoms with Crippen molar-refractivity contribution >= 4 is 11.8 Å². The molecule has 2 rings (SSSR count). The van der Waals surface area contributed by atoms with Crippen molar-refractivity contribution in [2.24, 2.45) is 0 Å². The van der Waals surface area contributed by atoms with E-state index in [1.54, 1.807) is 23.9 Å². The summed E-state index contributed by atoms with van der Waals surface area (Å²) in [6, 6.07) is 0.966. The first kappa shape index (κ1) is 16.8. The van der Waals surface area contributed by atoms with Gasteiger partial charge >= 0.3 is 6.18 Å². The molecule has 1 aromatic rings. The van der Waals surface area contributed by atoms with Crippen LogP contribution in [0, 0.1) is 0 Å². The van der Waals surface area contributed by atoms with Gasteiger partial charge in [-0.05, 0) is 19.8 Å². The predicted molar refractivity (Wildman–Crippen MR) is 78.2 cm³/mol. The van der Waals surface area contributed by atoms with Gasteiger partial charge in [-0.25, -0.2) is 4.98 Å². The monoisotopic (exact) mass is 318 g/mol. The number of hydrogen-bond acceptors (Lipinski definition) is 5. The molecule has 0 amide bonds. The van der Waals surface area contributed by atoms with Crippen molar-refractivity contribution in [1.82, 2.24) is 9.97 Å². The Morgan fingerprint density at radius 2 is 2.09 bits per heavy atom. The minimum Gasteiger partial charge on any atom is -0.377 e. The van der Waals surface area contributed by atoms with Crippen LogP contribution in [0.4, 0.5) is 24.9 Å².